The fourth-order valence-corrected chi connectivity index (χ4v) is 3.50. The van der Waals surface area contributed by atoms with Crippen molar-refractivity contribution in [3.05, 3.63) is 64.7 Å². The molecule has 0 bridgehead atoms. The molecule has 1 N–H and O–H groups in total. The Hall–Kier alpha value is -2.00. The quantitative estimate of drug-likeness (QED) is 0.360. The van der Waals surface area contributed by atoms with Crippen molar-refractivity contribution in [3.8, 4) is 5.75 Å². The van der Waals surface area contributed by atoms with Gasteiger partial charge in [0.15, 0.2) is 0 Å². The van der Waals surface area contributed by atoms with Crippen molar-refractivity contribution in [3.63, 3.8) is 0 Å². The van der Waals surface area contributed by atoms with E-state index in [1.54, 1.807) is 0 Å². The number of ether oxygens (including phenoxy) is 1. The highest BCUT2D eigenvalue weighted by atomic mass is 35.5. The van der Waals surface area contributed by atoms with E-state index in [0.717, 1.165) is 36.1 Å². The van der Waals surface area contributed by atoms with Crippen LogP contribution in [0, 0.1) is 5.92 Å². The molecule has 0 radical (unpaired) electrons. The summed E-state index contributed by atoms with van der Waals surface area (Å²) in [5.41, 5.74) is 2.17. The Balaban J connectivity index is 1.78. The normalized spacial score (nSPS) is 11.8. The van der Waals surface area contributed by atoms with Crippen molar-refractivity contribution < 1.29 is 9.53 Å². The number of carbonyl (C=O) groups excluding carboxylic acids is 1. The molecule has 3 nitrogen and oxygen atoms in total. The molecule has 1 unspecified atom stereocenters. The second-order valence-electron chi connectivity index (χ2n) is 7.59. The zero-order valence-electron chi connectivity index (χ0n) is 17.8. The number of halogens is 1. The molecule has 4 heteroatoms. The van der Waals surface area contributed by atoms with Crippen LogP contribution < -0.4 is 10.1 Å². The molecule has 0 aliphatic heterocycles. The molecule has 0 heterocycles. The molecule has 158 valence electrons. The predicted octanol–water partition coefficient (Wildman–Crippen LogP) is 6.92. The van der Waals surface area contributed by atoms with Gasteiger partial charge in [-0.1, -0.05) is 81.8 Å². The summed E-state index contributed by atoms with van der Waals surface area (Å²) >= 11 is 5.90. The molecule has 0 spiro atoms. The van der Waals surface area contributed by atoms with Gasteiger partial charge in [0.05, 0.1) is 0 Å². The second-order valence-corrected chi connectivity index (χ2v) is 8.02. The van der Waals surface area contributed by atoms with Crippen LogP contribution in [0.1, 0.15) is 69.9 Å². The van der Waals surface area contributed by atoms with E-state index in [2.05, 4.69) is 25.2 Å². The summed E-state index contributed by atoms with van der Waals surface area (Å²) in [6.45, 7) is 5.37. The molecule has 1 amide bonds. The third-order valence-corrected chi connectivity index (χ3v) is 5.45. The van der Waals surface area contributed by atoms with Crippen LogP contribution in [-0.4, -0.2) is 5.91 Å². The first-order valence-corrected chi connectivity index (χ1v) is 11.2. The van der Waals surface area contributed by atoms with Crippen molar-refractivity contribution in [2.75, 3.05) is 0 Å². The maximum atomic E-state index is 12.5. The first kappa shape index (κ1) is 23.3. The van der Waals surface area contributed by atoms with Gasteiger partial charge in [-0.3, -0.25) is 4.79 Å². The summed E-state index contributed by atoms with van der Waals surface area (Å²) in [6, 6.07) is 15.5. The molecule has 2 rings (SSSR count). The van der Waals surface area contributed by atoms with Crippen LogP contribution in [0.15, 0.2) is 48.5 Å². The van der Waals surface area contributed by atoms with Crippen molar-refractivity contribution in [2.24, 2.45) is 5.92 Å². The minimum absolute atomic E-state index is 0.119. The molecule has 0 saturated carbocycles. The van der Waals surface area contributed by atoms with Gasteiger partial charge in [-0.2, -0.15) is 0 Å². The number of nitrogens with one attached hydrogen (secondary N) is 1. The van der Waals surface area contributed by atoms with Gasteiger partial charge in [-0.05, 0) is 48.2 Å². The minimum Gasteiger partial charge on any atom is -0.489 e. The lowest BCUT2D eigenvalue weighted by Gasteiger charge is -2.15. The molecule has 2 aromatic rings. The van der Waals surface area contributed by atoms with Gasteiger partial charge in [-0.15, -0.1) is 0 Å². The molecule has 29 heavy (non-hydrogen) atoms. The third-order valence-electron chi connectivity index (χ3n) is 5.20. The summed E-state index contributed by atoms with van der Waals surface area (Å²) < 4.78 is 5.81. The Bertz CT molecular complexity index is 730. The highest BCUT2D eigenvalue weighted by molar-refractivity contribution is 6.30. The molecule has 2 aromatic carbocycles. The van der Waals surface area contributed by atoms with Crippen LogP contribution in [0.25, 0.3) is 0 Å². The highest BCUT2D eigenvalue weighted by Gasteiger charge is 2.15. The number of amides is 1. The molecule has 0 aliphatic carbocycles. The van der Waals surface area contributed by atoms with Gasteiger partial charge < -0.3 is 10.1 Å². The first-order chi connectivity index (χ1) is 14.1. The van der Waals surface area contributed by atoms with Gasteiger partial charge in [0.25, 0.3) is 0 Å². The van der Waals surface area contributed by atoms with E-state index < -0.39 is 0 Å². The predicted molar refractivity (Wildman–Crippen MR) is 121 cm³/mol. The monoisotopic (exact) mass is 415 g/mol. The van der Waals surface area contributed by atoms with E-state index in [4.69, 9.17) is 16.3 Å². The van der Waals surface area contributed by atoms with E-state index in [9.17, 15) is 4.79 Å². The largest absolute Gasteiger partial charge is 0.489 e. The number of carbonyl (C=O) groups is 1. The summed E-state index contributed by atoms with van der Waals surface area (Å²) in [5, 5.41) is 3.81. The molecule has 0 fully saturated rings. The highest BCUT2D eigenvalue weighted by Crippen LogP contribution is 2.18. The maximum Gasteiger partial charge on any atom is 0.223 e. The molecule has 0 aliphatic rings. The Morgan fingerprint density at radius 3 is 2.45 bits per heavy atom. The van der Waals surface area contributed by atoms with E-state index in [1.807, 2.05) is 42.5 Å². The molecular formula is C25H34ClNO2. The summed E-state index contributed by atoms with van der Waals surface area (Å²) in [7, 11) is 0. The van der Waals surface area contributed by atoms with Crippen molar-refractivity contribution in [1.82, 2.24) is 5.32 Å². The van der Waals surface area contributed by atoms with E-state index in [-0.39, 0.29) is 11.8 Å². The smallest absolute Gasteiger partial charge is 0.223 e. The number of unbranched alkanes of at least 4 members (excludes halogenated alkanes) is 4. The maximum absolute atomic E-state index is 12.5. The van der Waals surface area contributed by atoms with Crippen molar-refractivity contribution >= 4 is 17.5 Å². The lowest BCUT2D eigenvalue weighted by molar-refractivity contribution is -0.125. The molecule has 1 atom stereocenters. The average molecular weight is 416 g/mol. The lowest BCUT2D eigenvalue weighted by Crippen LogP contribution is -2.30. The molecule has 0 aromatic heterocycles. The van der Waals surface area contributed by atoms with Gasteiger partial charge >= 0.3 is 0 Å². The number of hydrogen-bond donors (Lipinski definition) is 1. The van der Waals surface area contributed by atoms with Crippen LogP contribution in [0.3, 0.4) is 0 Å². The Morgan fingerprint density at radius 2 is 1.72 bits per heavy atom. The standard InChI is InChI=1S/C25H34ClNO2/c1-3-5-6-7-8-12-22(4-2)25(28)27-18-20-10-9-11-21(17-20)19-29-24-15-13-23(26)14-16-24/h9-11,13-17,22H,3-8,12,18-19H2,1-2H3,(H,27,28). The third kappa shape index (κ3) is 8.91. The minimum atomic E-state index is 0.119. The summed E-state index contributed by atoms with van der Waals surface area (Å²) in [6.07, 6.45) is 8.08. The van der Waals surface area contributed by atoms with Gasteiger partial charge in [0.2, 0.25) is 5.91 Å². The number of rotatable bonds is 13. The van der Waals surface area contributed by atoms with Crippen LogP contribution in [-0.2, 0) is 17.9 Å². The Kier molecular flexibility index (Phi) is 10.6. The van der Waals surface area contributed by atoms with Crippen LogP contribution >= 0.6 is 11.6 Å². The SMILES string of the molecule is CCCCCCCC(CC)C(=O)NCc1cccc(COc2ccc(Cl)cc2)c1. The Labute approximate surface area is 180 Å². The fourth-order valence-electron chi connectivity index (χ4n) is 3.38. The average Bonchev–Trinajstić information content (AvgIpc) is 2.74. The topological polar surface area (TPSA) is 38.3 Å². The van der Waals surface area contributed by atoms with Crippen LogP contribution in [0.2, 0.25) is 5.02 Å². The summed E-state index contributed by atoms with van der Waals surface area (Å²) in [4.78, 5) is 12.5. The van der Waals surface area contributed by atoms with Gasteiger partial charge in [-0.25, -0.2) is 0 Å². The van der Waals surface area contributed by atoms with E-state index in [0.29, 0.717) is 18.2 Å². The number of benzene rings is 2. The summed E-state index contributed by atoms with van der Waals surface area (Å²) in [5.74, 6) is 1.08. The first-order valence-electron chi connectivity index (χ1n) is 10.9. The Morgan fingerprint density at radius 1 is 1.00 bits per heavy atom. The van der Waals surface area contributed by atoms with Crippen LogP contribution in [0.5, 0.6) is 5.75 Å². The fraction of sp³-hybridized carbons (Fsp3) is 0.480. The van der Waals surface area contributed by atoms with Gasteiger partial charge in [0.1, 0.15) is 12.4 Å². The zero-order chi connectivity index (χ0) is 20.9. The van der Waals surface area contributed by atoms with E-state index in [1.165, 1.54) is 25.7 Å². The van der Waals surface area contributed by atoms with Gasteiger partial charge in [0, 0.05) is 17.5 Å². The number of hydrogen-bond acceptors (Lipinski definition) is 2. The second kappa shape index (κ2) is 13.3. The molecular weight excluding hydrogens is 382 g/mol. The van der Waals surface area contributed by atoms with Crippen molar-refractivity contribution in [1.29, 1.82) is 0 Å². The lowest BCUT2D eigenvalue weighted by atomic mass is 9.97. The molecule has 0 saturated heterocycles. The van der Waals surface area contributed by atoms with E-state index >= 15 is 0 Å². The van der Waals surface area contributed by atoms with Crippen LogP contribution in [0.4, 0.5) is 0 Å². The van der Waals surface area contributed by atoms with Crippen molar-refractivity contribution in [2.45, 2.75) is 71.9 Å². The zero-order valence-corrected chi connectivity index (χ0v) is 18.5.